The normalized spacial score (nSPS) is 33.4. The standard InChI is InChI=1S/C12H19N3O2/c1-2-10-8(5-7-16-10)12-14-11(15-17-12)9-4-3-6-13-9/h8-10,13H,2-7H2,1H3. The van der Waals surface area contributed by atoms with Crippen LogP contribution in [0.15, 0.2) is 4.52 Å². The van der Waals surface area contributed by atoms with Crippen LogP contribution in [-0.4, -0.2) is 29.4 Å². The van der Waals surface area contributed by atoms with Crippen LogP contribution in [0, 0.1) is 0 Å². The second-order valence-corrected chi connectivity index (χ2v) is 4.85. The zero-order chi connectivity index (χ0) is 11.7. The molecule has 0 aliphatic carbocycles. The van der Waals surface area contributed by atoms with E-state index >= 15 is 0 Å². The second-order valence-electron chi connectivity index (χ2n) is 4.85. The van der Waals surface area contributed by atoms with E-state index in [1.165, 1.54) is 6.42 Å². The first-order valence-corrected chi connectivity index (χ1v) is 6.57. The summed E-state index contributed by atoms with van der Waals surface area (Å²) < 4.78 is 11.1. The maximum atomic E-state index is 5.66. The van der Waals surface area contributed by atoms with Crippen LogP contribution in [0.1, 0.15) is 56.3 Å². The number of aromatic nitrogens is 2. The number of hydrogen-bond donors (Lipinski definition) is 1. The maximum absolute atomic E-state index is 5.66. The minimum atomic E-state index is 0.250. The summed E-state index contributed by atoms with van der Waals surface area (Å²) in [6.45, 7) is 4.00. The first-order chi connectivity index (χ1) is 8.38. The molecule has 94 valence electrons. The summed E-state index contributed by atoms with van der Waals surface area (Å²) >= 11 is 0. The Hall–Kier alpha value is -0.940. The lowest BCUT2D eigenvalue weighted by atomic mass is 10.00. The Balaban J connectivity index is 1.75. The minimum absolute atomic E-state index is 0.250. The molecule has 5 heteroatoms. The molecular weight excluding hydrogens is 218 g/mol. The van der Waals surface area contributed by atoms with Crippen LogP contribution in [0.5, 0.6) is 0 Å². The summed E-state index contributed by atoms with van der Waals surface area (Å²) in [6, 6.07) is 0.287. The summed E-state index contributed by atoms with van der Waals surface area (Å²) in [5.41, 5.74) is 0. The molecule has 0 spiro atoms. The Labute approximate surface area is 101 Å². The fourth-order valence-corrected chi connectivity index (χ4v) is 2.78. The summed E-state index contributed by atoms with van der Waals surface area (Å²) in [6.07, 6.45) is 4.55. The summed E-state index contributed by atoms with van der Waals surface area (Å²) in [5, 5.41) is 7.49. The highest BCUT2D eigenvalue weighted by atomic mass is 16.5. The highest BCUT2D eigenvalue weighted by Gasteiger charge is 2.33. The van der Waals surface area contributed by atoms with Crippen LogP contribution in [0.4, 0.5) is 0 Å². The van der Waals surface area contributed by atoms with Crippen molar-refractivity contribution in [3.8, 4) is 0 Å². The monoisotopic (exact) mass is 237 g/mol. The van der Waals surface area contributed by atoms with Gasteiger partial charge in [0.2, 0.25) is 5.89 Å². The van der Waals surface area contributed by atoms with Crippen molar-refractivity contribution in [1.29, 1.82) is 0 Å². The molecule has 2 saturated heterocycles. The van der Waals surface area contributed by atoms with Crippen LogP contribution < -0.4 is 5.32 Å². The van der Waals surface area contributed by atoms with Crippen LogP contribution in [0.2, 0.25) is 0 Å². The highest BCUT2D eigenvalue weighted by Crippen LogP contribution is 2.33. The zero-order valence-electron chi connectivity index (χ0n) is 10.2. The number of hydrogen-bond acceptors (Lipinski definition) is 5. The summed E-state index contributed by atoms with van der Waals surface area (Å²) in [7, 11) is 0. The van der Waals surface area contributed by atoms with E-state index in [2.05, 4.69) is 22.4 Å². The third kappa shape index (κ3) is 2.09. The molecule has 3 rings (SSSR count). The van der Waals surface area contributed by atoms with Crippen molar-refractivity contribution in [2.45, 2.75) is 50.7 Å². The Morgan fingerprint density at radius 1 is 1.41 bits per heavy atom. The molecule has 0 amide bonds. The molecule has 0 saturated carbocycles. The van der Waals surface area contributed by atoms with Crippen LogP contribution in [0.3, 0.4) is 0 Å². The Morgan fingerprint density at radius 3 is 3.12 bits per heavy atom. The molecule has 0 radical (unpaired) electrons. The molecule has 0 aromatic carbocycles. The van der Waals surface area contributed by atoms with E-state index in [0.29, 0.717) is 5.92 Å². The molecular formula is C12H19N3O2. The van der Waals surface area contributed by atoms with Crippen molar-refractivity contribution in [3.05, 3.63) is 11.7 Å². The topological polar surface area (TPSA) is 60.2 Å². The van der Waals surface area contributed by atoms with Gasteiger partial charge in [-0.25, -0.2) is 0 Å². The molecule has 3 heterocycles. The van der Waals surface area contributed by atoms with Gasteiger partial charge < -0.3 is 14.6 Å². The lowest BCUT2D eigenvalue weighted by Crippen LogP contribution is -2.15. The zero-order valence-corrected chi connectivity index (χ0v) is 10.2. The van der Waals surface area contributed by atoms with E-state index in [4.69, 9.17) is 9.26 Å². The molecule has 2 fully saturated rings. The van der Waals surface area contributed by atoms with E-state index in [0.717, 1.165) is 44.1 Å². The Kier molecular flexibility index (Phi) is 3.11. The van der Waals surface area contributed by atoms with Gasteiger partial charge in [-0.1, -0.05) is 12.1 Å². The molecule has 3 unspecified atom stereocenters. The minimum Gasteiger partial charge on any atom is -0.377 e. The van der Waals surface area contributed by atoms with Gasteiger partial charge in [-0.15, -0.1) is 0 Å². The van der Waals surface area contributed by atoms with E-state index in [1.807, 2.05) is 0 Å². The third-order valence-corrected chi connectivity index (χ3v) is 3.76. The van der Waals surface area contributed by atoms with Gasteiger partial charge in [0.05, 0.1) is 18.1 Å². The third-order valence-electron chi connectivity index (χ3n) is 3.76. The average Bonchev–Trinajstić information content (AvgIpc) is 3.09. The predicted molar refractivity (Wildman–Crippen MR) is 61.7 cm³/mol. The molecule has 2 aliphatic heterocycles. The van der Waals surface area contributed by atoms with E-state index in [9.17, 15) is 0 Å². The van der Waals surface area contributed by atoms with Crippen LogP contribution >= 0.6 is 0 Å². The van der Waals surface area contributed by atoms with Crippen molar-refractivity contribution >= 4 is 0 Å². The quantitative estimate of drug-likeness (QED) is 0.868. The van der Waals surface area contributed by atoms with Gasteiger partial charge >= 0.3 is 0 Å². The Morgan fingerprint density at radius 2 is 2.35 bits per heavy atom. The van der Waals surface area contributed by atoms with Crippen molar-refractivity contribution in [3.63, 3.8) is 0 Å². The smallest absolute Gasteiger partial charge is 0.232 e. The lowest BCUT2D eigenvalue weighted by Gasteiger charge is -2.11. The summed E-state index contributed by atoms with van der Waals surface area (Å²) in [4.78, 5) is 4.55. The number of rotatable bonds is 3. The molecule has 2 aliphatic rings. The molecule has 1 aromatic rings. The van der Waals surface area contributed by atoms with E-state index in [-0.39, 0.29) is 12.1 Å². The van der Waals surface area contributed by atoms with Gasteiger partial charge in [0.25, 0.3) is 0 Å². The molecule has 5 nitrogen and oxygen atoms in total. The fourth-order valence-electron chi connectivity index (χ4n) is 2.78. The molecule has 1 aromatic heterocycles. The van der Waals surface area contributed by atoms with Gasteiger partial charge in [-0.2, -0.15) is 4.98 Å². The van der Waals surface area contributed by atoms with Crippen molar-refractivity contribution in [2.75, 3.05) is 13.2 Å². The number of nitrogens with one attached hydrogen (secondary N) is 1. The first-order valence-electron chi connectivity index (χ1n) is 6.57. The first kappa shape index (κ1) is 11.2. The molecule has 0 bridgehead atoms. The van der Waals surface area contributed by atoms with Crippen molar-refractivity contribution in [1.82, 2.24) is 15.5 Å². The summed E-state index contributed by atoms with van der Waals surface area (Å²) in [5.74, 6) is 1.87. The van der Waals surface area contributed by atoms with Gasteiger partial charge in [-0.3, -0.25) is 0 Å². The predicted octanol–water partition coefficient (Wildman–Crippen LogP) is 1.78. The van der Waals surface area contributed by atoms with E-state index < -0.39 is 0 Å². The molecule has 17 heavy (non-hydrogen) atoms. The van der Waals surface area contributed by atoms with Gasteiger partial charge in [0.1, 0.15) is 0 Å². The fraction of sp³-hybridized carbons (Fsp3) is 0.833. The van der Waals surface area contributed by atoms with Gasteiger partial charge in [0, 0.05) is 6.61 Å². The largest absolute Gasteiger partial charge is 0.377 e. The highest BCUT2D eigenvalue weighted by molar-refractivity contribution is 5.03. The maximum Gasteiger partial charge on any atom is 0.232 e. The SMILES string of the molecule is CCC1OCCC1c1nc(C2CCCN2)no1. The molecule has 1 N–H and O–H groups in total. The van der Waals surface area contributed by atoms with Crippen molar-refractivity contribution < 1.29 is 9.26 Å². The molecule has 3 atom stereocenters. The average molecular weight is 237 g/mol. The number of nitrogens with zero attached hydrogens (tertiary/aromatic N) is 2. The number of ether oxygens (including phenoxy) is 1. The van der Waals surface area contributed by atoms with Crippen LogP contribution in [-0.2, 0) is 4.74 Å². The van der Waals surface area contributed by atoms with Crippen LogP contribution in [0.25, 0.3) is 0 Å². The second kappa shape index (κ2) is 4.74. The Bertz CT molecular complexity index is 374. The van der Waals surface area contributed by atoms with Gasteiger partial charge in [0.15, 0.2) is 5.82 Å². The van der Waals surface area contributed by atoms with E-state index in [1.54, 1.807) is 0 Å². The van der Waals surface area contributed by atoms with Gasteiger partial charge in [-0.05, 0) is 32.2 Å². The van der Waals surface area contributed by atoms with Crippen molar-refractivity contribution in [2.24, 2.45) is 0 Å². The lowest BCUT2D eigenvalue weighted by molar-refractivity contribution is 0.0953.